The standard InChI is InChI=1S/C26H29ClN2O3S2/c1-20-9-11-22(12-10-20)19-33-16-6-15-28-26(30)18-29(25-14-13-23(27)17-21(25)2)34(31,32)24-7-4-3-5-8-24/h3-5,7-14,17H,6,15-16,18-19H2,1-2H3,(H,28,30). The highest BCUT2D eigenvalue weighted by Crippen LogP contribution is 2.28. The first-order valence-corrected chi connectivity index (χ1v) is 14.0. The molecule has 0 fully saturated rings. The lowest BCUT2D eigenvalue weighted by Gasteiger charge is -2.25. The van der Waals surface area contributed by atoms with E-state index in [4.69, 9.17) is 11.6 Å². The maximum atomic E-state index is 13.4. The van der Waals surface area contributed by atoms with Crippen molar-refractivity contribution in [2.24, 2.45) is 0 Å². The van der Waals surface area contributed by atoms with Crippen molar-refractivity contribution in [1.82, 2.24) is 5.32 Å². The maximum absolute atomic E-state index is 13.4. The summed E-state index contributed by atoms with van der Waals surface area (Å²) in [4.78, 5) is 12.8. The van der Waals surface area contributed by atoms with Crippen molar-refractivity contribution < 1.29 is 13.2 Å². The molecule has 0 aliphatic rings. The van der Waals surface area contributed by atoms with Gasteiger partial charge in [-0.05, 0) is 67.5 Å². The number of hydrogen-bond donors (Lipinski definition) is 1. The summed E-state index contributed by atoms with van der Waals surface area (Å²) in [6.45, 7) is 4.02. The second-order valence-electron chi connectivity index (χ2n) is 8.00. The van der Waals surface area contributed by atoms with E-state index in [1.807, 2.05) is 11.8 Å². The maximum Gasteiger partial charge on any atom is 0.264 e. The van der Waals surface area contributed by atoms with Crippen LogP contribution in [-0.2, 0) is 20.6 Å². The van der Waals surface area contributed by atoms with Gasteiger partial charge in [0.2, 0.25) is 5.91 Å². The topological polar surface area (TPSA) is 66.5 Å². The van der Waals surface area contributed by atoms with Crippen LogP contribution in [0.5, 0.6) is 0 Å². The van der Waals surface area contributed by atoms with Gasteiger partial charge in [-0.2, -0.15) is 11.8 Å². The first-order valence-electron chi connectivity index (χ1n) is 11.0. The van der Waals surface area contributed by atoms with Gasteiger partial charge in [0, 0.05) is 17.3 Å². The monoisotopic (exact) mass is 516 g/mol. The summed E-state index contributed by atoms with van der Waals surface area (Å²) in [6.07, 6.45) is 0.799. The van der Waals surface area contributed by atoms with Crippen molar-refractivity contribution in [2.75, 3.05) is 23.1 Å². The molecule has 0 saturated heterocycles. The molecule has 5 nitrogen and oxygen atoms in total. The summed E-state index contributed by atoms with van der Waals surface area (Å²) >= 11 is 7.87. The SMILES string of the molecule is Cc1ccc(CSCCCNC(=O)CN(c2ccc(Cl)cc2C)S(=O)(=O)c2ccccc2)cc1. The average Bonchev–Trinajstić information content (AvgIpc) is 2.82. The summed E-state index contributed by atoms with van der Waals surface area (Å²) in [7, 11) is -3.93. The van der Waals surface area contributed by atoms with Crippen LogP contribution in [-0.4, -0.2) is 33.2 Å². The lowest BCUT2D eigenvalue weighted by molar-refractivity contribution is -0.119. The highest BCUT2D eigenvalue weighted by Gasteiger charge is 2.28. The molecule has 0 spiro atoms. The number of thioether (sulfide) groups is 1. The molecule has 0 unspecified atom stereocenters. The number of nitrogens with zero attached hydrogens (tertiary/aromatic N) is 1. The van der Waals surface area contributed by atoms with Gasteiger partial charge in [-0.25, -0.2) is 8.42 Å². The number of sulfonamides is 1. The number of aryl methyl sites for hydroxylation is 2. The first-order chi connectivity index (χ1) is 16.3. The van der Waals surface area contributed by atoms with Gasteiger partial charge < -0.3 is 5.32 Å². The van der Waals surface area contributed by atoms with Crippen LogP contribution in [0.25, 0.3) is 0 Å². The van der Waals surface area contributed by atoms with Crippen molar-refractivity contribution in [3.63, 3.8) is 0 Å². The Hall–Kier alpha value is -2.48. The zero-order valence-electron chi connectivity index (χ0n) is 19.3. The Balaban J connectivity index is 1.60. The van der Waals surface area contributed by atoms with E-state index in [0.717, 1.165) is 22.2 Å². The molecular weight excluding hydrogens is 488 g/mol. The van der Waals surface area contributed by atoms with Crippen molar-refractivity contribution in [3.8, 4) is 0 Å². The van der Waals surface area contributed by atoms with Gasteiger partial charge in [0.15, 0.2) is 0 Å². The highest BCUT2D eigenvalue weighted by molar-refractivity contribution is 7.98. The fourth-order valence-corrected chi connectivity index (χ4v) is 6.03. The summed E-state index contributed by atoms with van der Waals surface area (Å²) in [5.41, 5.74) is 3.62. The van der Waals surface area contributed by atoms with Gasteiger partial charge >= 0.3 is 0 Å². The lowest BCUT2D eigenvalue weighted by Crippen LogP contribution is -2.41. The largest absolute Gasteiger partial charge is 0.354 e. The summed E-state index contributed by atoms with van der Waals surface area (Å²) in [5.74, 6) is 1.47. The number of nitrogens with one attached hydrogen (secondary N) is 1. The molecule has 8 heteroatoms. The molecule has 0 bridgehead atoms. The Bertz CT molecular complexity index is 1200. The number of amides is 1. The first kappa shape index (κ1) is 26.1. The van der Waals surface area contributed by atoms with Gasteiger partial charge in [-0.3, -0.25) is 9.10 Å². The van der Waals surface area contributed by atoms with Crippen molar-refractivity contribution in [2.45, 2.75) is 30.9 Å². The van der Waals surface area contributed by atoms with E-state index >= 15 is 0 Å². The molecular formula is C26H29ClN2O3S2. The summed E-state index contributed by atoms with van der Waals surface area (Å²) in [6, 6.07) is 21.5. The van der Waals surface area contributed by atoms with Crippen molar-refractivity contribution in [3.05, 3.63) is 94.5 Å². The number of carbonyl (C=O) groups excluding carboxylic acids is 1. The van der Waals surface area contributed by atoms with E-state index < -0.39 is 10.0 Å². The number of hydrogen-bond acceptors (Lipinski definition) is 4. The lowest BCUT2D eigenvalue weighted by atomic mass is 10.2. The minimum atomic E-state index is -3.93. The van der Waals surface area contributed by atoms with Gasteiger partial charge in [-0.15, -0.1) is 0 Å². The fourth-order valence-electron chi connectivity index (χ4n) is 3.38. The minimum Gasteiger partial charge on any atom is -0.354 e. The molecule has 0 saturated carbocycles. The minimum absolute atomic E-state index is 0.129. The third-order valence-electron chi connectivity index (χ3n) is 5.22. The third-order valence-corrected chi connectivity index (χ3v) is 8.35. The van der Waals surface area contributed by atoms with Crippen LogP contribution in [0.2, 0.25) is 5.02 Å². The number of halogens is 1. The Morgan fingerprint density at radius 2 is 1.71 bits per heavy atom. The number of anilines is 1. The molecule has 3 aromatic carbocycles. The van der Waals surface area contributed by atoms with Crippen LogP contribution in [0, 0.1) is 13.8 Å². The molecule has 3 rings (SSSR count). The van der Waals surface area contributed by atoms with E-state index in [1.54, 1.807) is 43.3 Å². The van der Waals surface area contributed by atoms with Crippen LogP contribution in [0.1, 0.15) is 23.1 Å². The molecule has 0 aliphatic carbocycles. The normalized spacial score (nSPS) is 11.3. The third kappa shape index (κ3) is 7.26. The summed E-state index contributed by atoms with van der Waals surface area (Å²) in [5, 5.41) is 3.36. The molecule has 0 aliphatic heterocycles. The molecule has 0 radical (unpaired) electrons. The highest BCUT2D eigenvalue weighted by atomic mass is 35.5. The van der Waals surface area contributed by atoms with Crippen LogP contribution in [0.15, 0.2) is 77.7 Å². The average molecular weight is 517 g/mol. The Morgan fingerprint density at radius 3 is 2.38 bits per heavy atom. The van der Waals surface area contributed by atoms with Crippen molar-refractivity contribution >= 4 is 45.0 Å². The number of carbonyl (C=O) groups is 1. The Kier molecular flexibility index (Phi) is 9.45. The van der Waals surface area contributed by atoms with E-state index in [2.05, 4.69) is 36.5 Å². The molecule has 180 valence electrons. The van der Waals surface area contributed by atoms with Gasteiger partial charge in [0.1, 0.15) is 6.54 Å². The molecule has 0 atom stereocenters. The van der Waals surface area contributed by atoms with Crippen LogP contribution >= 0.6 is 23.4 Å². The number of benzene rings is 3. The molecule has 1 amide bonds. The van der Waals surface area contributed by atoms with E-state index in [1.165, 1.54) is 23.3 Å². The predicted molar refractivity (Wildman–Crippen MR) is 142 cm³/mol. The van der Waals surface area contributed by atoms with Crippen LogP contribution in [0.3, 0.4) is 0 Å². The molecule has 0 heterocycles. The molecule has 3 aromatic rings. The van der Waals surface area contributed by atoms with Crippen LogP contribution in [0.4, 0.5) is 5.69 Å². The quantitative estimate of drug-likeness (QED) is 0.337. The summed E-state index contributed by atoms with van der Waals surface area (Å²) < 4.78 is 27.9. The second-order valence-corrected chi connectivity index (χ2v) is 11.4. The molecule has 0 aromatic heterocycles. The predicted octanol–water partition coefficient (Wildman–Crippen LogP) is 5.59. The van der Waals surface area contributed by atoms with Gasteiger partial charge in [-0.1, -0.05) is 59.6 Å². The van der Waals surface area contributed by atoms with Crippen molar-refractivity contribution in [1.29, 1.82) is 0 Å². The van der Waals surface area contributed by atoms with E-state index in [0.29, 0.717) is 22.8 Å². The van der Waals surface area contributed by atoms with Gasteiger partial charge in [0.25, 0.3) is 10.0 Å². The Labute approximate surface area is 211 Å². The van der Waals surface area contributed by atoms with Gasteiger partial charge in [0.05, 0.1) is 10.6 Å². The smallest absolute Gasteiger partial charge is 0.264 e. The zero-order valence-corrected chi connectivity index (χ0v) is 21.7. The molecule has 1 N–H and O–H groups in total. The van der Waals surface area contributed by atoms with E-state index in [-0.39, 0.29) is 17.3 Å². The van der Waals surface area contributed by atoms with Crippen LogP contribution < -0.4 is 9.62 Å². The molecule has 34 heavy (non-hydrogen) atoms. The van der Waals surface area contributed by atoms with E-state index in [9.17, 15) is 13.2 Å². The second kappa shape index (κ2) is 12.3. The fraction of sp³-hybridized carbons (Fsp3) is 0.269. The number of rotatable bonds is 11. The Morgan fingerprint density at radius 1 is 1.00 bits per heavy atom. The zero-order chi connectivity index (χ0) is 24.6.